The van der Waals surface area contributed by atoms with E-state index in [1.807, 2.05) is 66.7 Å². The molecule has 0 aromatic heterocycles. The van der Waals surface area contributed by atoms with Crippen molar-refractivity contribution in [2.75, 3.05) is 0 Å². The van der Waals surface area contributed by atoms with E-state index in [0.29, 0.717) is 5.56 Å². The molecular weight excluding hydrogens is 344 g/mol. The molecule has 5 heteroatoms. The number of rotatable bonds is 6. The highest BCUT2D eigenvalue weighted by molar-refractivity contribution is 7.89. The van der Waals surface area contributed by atoms with Crippen LogP contribution in [0, 0.1) is 11.3 Å². The van der Waals surface area contributed by atoms with Crippen LogP contribution in [-0.2, 0) is 23.1 Å². The molecule has 3 aromatic rings. The molecule has 130 valence electrons. The lowest BCUT2D eigenvalue weighted by Crippen LogP contribution is -2.30. The minimum Gasteiger partial charge on any atom is -0.207 e. The highest BCUT2D eigenvalue weighted by atomic mass is 32.2. The molecular formula is C21H18N2O2S. The Morgan fingerprint density at radius 2 is 1.31 bits per heavy atom. The lowest BCUT2D eigenvalue weighted by atomic mass is 10.2. The molecule has 0 aliphatic heterocycles. The molecule has 0 aliphatic carbocycles. The quantitative estimate of drug-likeness (QED) is 0.667. The Labute approximate surface area is 154 Å². The van der Waals surface area contributed by atoms with Crippen LogP contribution in [0.3, 0.4) is 0 Å². The molecule has 4 nitrogen and oxygen atoms in total. The zero-order valence-electron chi connectivity index (χ0n) is 14.1. The summed E-state index contributed by atoms with van der Waals surface area (Å²) in [6, 6.07) is 27.1. The van der Waals surface area contributed by atoms with Crippen molar-refractivity contribution in [3.8, 4) is 6.07 Å². The molecule has 0 unspecified atom stereocenters. The lowest BCUT2D eigenvalue weighted by Gasteiger charge is -2.22. The molecule has 0 spiro atoms. The highest BCUT2D eigenvalue weighted by Crippen LogP contribution is 2.22. The lowest BCUT2D eigenvalue weighted by molar-refractivity contribution is 0.401. The van der Waals surface area contributed by atoms with Gasteiger partial charge in [0.1, 0.15) is 0 Å². The second kappa shape index (κ2) is 7.96. The van der Waals surface area contributed by atoms with Crippen molar-refractivity contribution < 1.29 is 8.42 Å². The van der Waals surface area contributed by atoms with Gasteiger partial charge in [-0.25, -0.2) is 8.42 Å². The zero-order valence-corrected chi connectivity index (χ0v) is 14.9. The Kier molecular flexibility index (Phi) is 5.47. The van der Waals surface area contributed by atoms with Crippen LogP contribution in [0.2, 0.25) is 0 Å². The van der Waals surface area contributed by atoms with Gasteiger partial charge in [-0.3, -0.25) is 0 Å². The second-order valence-corrected chi connectivity index (χ2v) is 7.82. The molecule has 0 aliphatic rings. The van der Waals surface area contributed by atoms with E-state index in [2.05, 4.69) is 0 Å². The van der Waals surface area contributed by atoms with E-state index >= 15 is 0 Å². The smallest absolute Gasteiger partial charge is 0.207 e. The summed E-state index contributed by atoms with van der Waals surface area (Å²) in [6.45, 7) is 0.518. The van der Waals surface area contributed by atoms with E-state index in [0.717, 1.165) is 11.1 Å². The third kappa shape index (κ3) is 4.17. The second-order valence-electron chi connectivity index (χ2n) is 5.88. The third-order valence-electron chi connectivity index (χ3n) is 4.00. The monoisotopic (exact) mass is 362 g/mol. The average Bonchev–Trinajstić information content (AvgIpc) is 2.69. The van der Waals surface area contributed by atoms with Gasteiger partial charge in [0.15, 0.2) is 0 Å². The van der Waals surface area contributed by atoms with Crippen LogP contribution >= 0.6 is 0 Å². The van der Waals surface area contributed by atoms with E-state index in [4.69, 9.17) is 5.26 Å². The summed E-state index contributed by atoms with van der Waals surface area (Å²) in [5, 5.41) is 9.08. The topological polar surface area (TPSA) is 61.2 Å². The molecule has 0 atom stereocenters. The van der Waals surface area contributed by atoms with Crippen molar-refractivity contribution in [3.63, 3.8) is 0 Å². The summed E-state index contributed by atoms with van der Waals surface area (Å²) in [5.74, 6) is 0. The Bertz CT molecular complexity index is 969. The molecule has 0 heterocycles. The fourth-order valence-corrected chi connectivity index (χ4v) is 4.14. The van der Waals surface area contributed by atoms with Gasteiger partial charge in [-0.15, -0.1) is 0 Å². The number of nitrogens with zero attached hydrogens (tertiary/aromatic N) is 2. The molecule has 0 bridgehead atoms. The summed E-state index contributed by atoms with van der Waals surface area (Å²) in [6.07, 6.45) is 0. The molecule has 3 rings (SSSR count). The van der Waals surface area contributed by atoms with Crippen LogP contribution in [0.15, 0.2) is 89.8 Å². The fraction of sp³-hybridized carbons (Fsp3) is 0.0952. The molecule has 0 amide bonds. The van der Waals surface area contributed by atoms with Gasteiger partial charge in [0.2, 0.25) is 10.0 Å². The molecule has 0 radical (unpaired) electrons. The molecule has 3 aromatic carbocycles. The van der Waals surface area contributed by atoms with Crippen LogP contribution < -0.4 is 0 Å². The van der Waals surface area contributed by atoms with Gasteiger partial charge in [0, 0.05) is 13.1 Å². The Morgan fingerprint density at radius 1 is 0.769 bits per heavy atom. The van der Waals surface area contributed by atoms with Crippen LogP contribution in [0.1, 0.15) is 16.7 Å². The first kappa shape index (κ1) is 17.9. The van der Waals surface area contributed by atoms with Crippen molar-refractivity contribution in [1.82, 2.24) is 4.31 Å². The van der Waals surface area contributed by atoms with Gasteiger partial charge < -0.3 is 0 Å². The summed E-state index contributed by atoms with van der Waals surface area (Å²) in [5.41, 5.74) is 2.14. The Morgan fingerprint density at radius 3 is 1.81 bits per heavy atom. The minimum atomic E-state index is -3.75. The normalized spacial score (nSPS) is 11.2. The Balaban J connectivity index is 1.99. The van der Waals surface area contributed by atoms with E-state index < -0.39 is 10.0 Å². The first-order valence-electron chi connectivity index (χ1n) is 8.18. The van der Waals surface area contributed by atoms with Crippen LogP contribution in [0.4, 0.5) is 0 Å². The fourth-order valence-electron chi connectivity index (χ4n) is 2.68. The summed E-state index contributed by atoms with van der Waals surface area (Å²) >= 11 is 0. The number of nitriles is 1. The minimum absolute atomic E-state index is 0.128. The standard InChI is InChI=1S/C21H18N2O2S/c22-15-20-12-7-13-21(14-20)26(24,25)23(16-18-8-3-1-4-9-18)17-19-10-5-2-6-11-19/h1-14H,16-17H2. The molecule has 0 saturated carbocycles. The molecule has 0 N–H and O–H groups in total. The Hall–Kier alpha value is -2.94. The van der Waals surface area contributed by atoms with Crippen LogP contribution in [0.5, 0.6) is 0 Å². The van der Waals surface area contributed by atoms with Crippen molar-refractivity contribution in [2.24, 2.45) is 0 Å². The summed E-state index contributed by atoms with van der Waals surface area (Å²) in [4.78, 5) is 0.128. The van der Waals surface area contributed by atoms with Gasteiger partial charge >= 0.3 is 0 Å². The van der Waals surface area contributed by atoms with Crippen molar-refractivity contribution >= 4 is 10.0 Å². The van der Waals surface area contributed by atoms with Gasteiger partial charge in [0.25, 0.3) is 0 Å². The van der Waals surface area contributed by atoms with Gasteiger partial charge in [0.05, 0.1) is 16.5 Å². The van der Waals surface area contributed by atoms with Gasteiger partial charge in [-0.2, -0.15) is 9.57 Å². The molecule has 0 saturated heterocycles. The predicted octanol–water partition coefficient (Wildman–Crippen LogP) is 3.95. The first-order valence-corrected chi connectivity index (χ1v) is 9.62. The first-order chi connectivity index (χ1) is 12.6. The van der Waals surface area contributed by atoms with Crippen molar-refractivity contribution in [1.29, 1.82) is 5.26 Å². The van der Waals surface area contributed by atoms with Crippen molar-refractivity contribution in [2.45, 2.75) is 18.0 Å². The van der Waals surface area contributed by atoms with E-state index in [9.17, 15) is 8.42 Å². The number of sulfonamides is 1. The number of hydrogen-bond donors (Lipinski definition) is 0. The van der Waals surface area contributed by atoms with E-state index in [1.54, 1.807) is 12.1 Å². The number of hydrogen-bond acceptors (Lipinski definition) is 3. The highest BCUT2D eigenvalue weighted by Gasteiger charge is 2.25. The summed E-state index contributed by atoms with van der Waals surface area (Å²) < 4.78 is 27.9. The molecule has 26 heavy (non-hydrogen) atoms. The SMILES string of the molecule is N#Cc1cccc(S(=O)(=O)N(Cc2ccccc2)Cc2ccccc2)c1. The third-order valence-corrected chi connectivity index (χ3v) is 5.79. The average molecular weight is 362 g/mol. The van der Waals surface area contributed by atoms with Crippen LogP contribution in [-0.4, -0.2) is 12.7 Å². The largest absolute Gasteiger partial charge is 0.243 e. The maximum Gasteiger partial charge on any atom is 0.243 e. The van der Waals surface area contributed by atoms with Gasteiger partial charge in [-0.05, 0) is 29.3 Å². The van der Waals surface area contributed by atoms with E-state index in [1.165, 1.54) is 16.4 Å². The van der Waals surface area contributed by atoms with Crippen LogP contribution in [0.25, 0.3) is 0 Å². The van der Waals surface area contributed by atoms with E-state index in [-0.39, 0.29) is 18.0 Å². The van der Waals surface area contributed by atoms with Crippen molar-refractivity contribution in [3.05, 3.63) is 102 Å². The maximum atomic E-state index is 13.2. The predicted molar refractivity (Wildman–Crippen MR) is 100 cm³/mol. The number of benzene rings is 3. The maximum absolute atomic E-state index is 13.2. The zero-order chi connectivity index (χ0) is 18.4. The molecule has 0 fully saturated rings. The van der Waals surface area contributed by atoms with Gasteiger partial charge in [-0.1, -0.05) is 66.7 Å². The summed E-state index contributed by atoms with van der Waals surface area (Å²) in [7, 11) is -3.75.